The minimum atomic E-state index is 0.823. The van der Waals surface area contributed by atoms with Crippen LogP contribution in [-0.2, 0) is 4.74 Å². The molecule has 0 unspecified atom stereocenters. The van der Waals surface area contributed by atoms with Crippen molar-refractivity contribution in [3.8, 4) is 11.1 Å². The molecule has 0 saturated carbocycles. The second-order valence-electron chi connectivity index (χ2n) is 4.44. The zero-order valence-corrected chi connectivity index (χ0v) is 10.3. The van der Waals surface area contributed by atoms with Crippen LogP contribution in [-0.4, -0.2) is 26.3 Å². The van der Waals surface area contributed by atoms with Gasteiger partial charge in [0.1, 0.15) is 0 Å². The molecule has 2 aromatic carbocycles. The third-order valence-electron chi connectivity index (χ3n) is 3.26. The van der Waals surface area contributed by atoms with Crippen molar-refractivity contribution in [1.82, 2.24) is 0 Å². The zero-order chi connectivity index (χ0) is 12.2. The maximum Gasteiger partial charge on any atom is 0.0642 e. The Kier molecular flexibility index (Phi) is 3.29. The third kappa shape index (κ3) is 2.39. The van der Waals surface area contributed by atoms with Crippen LogP contribution in [0.15, 0.2) is 48.5 Å². The molecule has 2 aromatic rings. The molecule has 1 radical (unpaired) electrons. The van der Waals surface area contributed by atoms with Gasteiger partial charge < -0.3 is 9.64 Å². The first-order valence-electron chi connectivity index (χ1n) is 6.33. The topological polar surface area (TPSA) is 12.5 Å². The number of morpholine rings is 1. The standard InChI is InChI=1S/C16H16NO/c1-2-5-14(6-3-1)15-7-4-8-16(13-15)17-9-11-18-12-10-17/h1-2,4-8,13H,9-12H2. The highest BCUT2D eigenvalue weighted by molar-refractivity contribution is 5.68. The highest BCUT2D eigenvalue weighted by Gasteiger charge is 2.11. The molecule has 0 atom stereocenters. The van der Waals surface area contributed by atoms with E-state index in [1.807, 2.05) is 18.2 Å². The average molecular weight is 238 g/mol. The molecule has 0 bridgehead atoms. The zero-order valence-electron chi connectivity index (χ0n) is 10.3. The van der Waals surface area contributed by atoms with E-state index in [1.54, 1.807) is 0 Å². The first-order valence-corrected chi connectivity index (χ1v) is 6.33. The Balaban J connectivity index is 1.89. The van der Waals surface area contributed by atoms with Crippen molar-refractivity contribution >= 4 is 5.69 Å². The summed E-state index contributed by atoms with van der Waals surface area (Å²) >= 11 is 0. The van der Waals surface area contributed by atoms with Gasteiger partial charge in [-0.1, -0.05) is 30.3 Å². The van der Waals surface area contributed by atoms with Crippen LogP contribution < -0.4 is 4.90 Å². The lowest BCUT2D eigenvalue weighted by atomic mass is 10.0. The van der Waals surface area contributed by atoms with Gasteiger partial charge in [-0.05, 0) is 35.4 Å². The summed E-state index contributed by atoms with van der Waals surface area (Å²) in [5.74, 6) is 0. The van der Waals surface area contributed by atoms with Gasteiger partial charge in [0.05, 0.1) is 13.2 Å². The lowest BCUT2D eigenvalue weighted by Gasteiger charge is -2.29. The Morgan fingerprint density at radius 2 is 1.83 bits per heavy atom. The Morgan fingerprint density at radius 3 is 2.61 bits per heavy atom. The quantitative estimate of drug-likeness (QED) is 0.797. The van der Waals surface area contributed by atoms with Crippen LogP contribution >= 0.6 is 0 Å². The Hall–Kier alpha value is -1.80. The molecule has 3 rings (SSSR count). The minimum Gasteiger partial charge on any atom is -0.378 e. The van der Waals surface area contributed by atoms with Crippen molar-refractivity contribution in [3.63, 3.8) is 0 Å². The van der Waals surface area contributed by atoms with Crippen LogP contribution in [0.2, 0.25) is 0 Å². The first-order chi connectivity index (χ1) is 8.93. The van der Waals surface area contributed by atoms with Crippen molar-refractivity contribution < 1.29 is 4.74 Å². The highest BCUT2D eigenvalue weighted by Crippen LogP contribution is 2.24. The molecule has 1 aliphatic heterocycles. The van der Waals surface area contributed by atoms with Crippen LogP contribution in [0, 0.1) is 6.07 Å². The number of benzene rings is 2. The number of rotatable bonds is 2. The Bertz CT molecular complexity index is 504. The molecular weight excluding hydrogens is 222 g/mol. The first kappa shape index (κ1) is 11.3. The van der Waals surface area contributed by atoms with Gasteiger partial charge in [0.25, 0.3) is 0 Å². The van der Waals surface area contributed by atoms with E-state index in [1.165, 1.54) is 16.8 Å². The van der Waals surface area contributed by atoms with E-state index in [9.17, 15) is 0 Å². The maximum atomic E-state index is 5.39. The highest BCUT2D eigenvalue weighted by atomic mass is 16.5. The summed E-state index contributed by atoms with van der Waals surface area (Å²) in [6.07, 6.45) is 0. The molecule has 0 aromatic heterocycles. The molecule has 0 spiro atoms. The smallest absolute Gasteiger partial charge is 0.0642 e. The summed E-state index contributed by atoms with van der Waals surface area (Å²) in [5.41, 5.74) is 3.74. The Labute approximate surface area is 108 Å². The summed E-state index contributed by atoms with van der Waals surface area (Å²) < 4.78 is 5.39. The fourth-order valence-corrected chi connectivity index (χ4v) is 2.28. The summed E-state index contributed by atoms with van der Waals surface area (Å²) in [5, 5.41) is 0. The molecule has 2 nitrogen and oxygen atoms in total. The van der Waals surface area contributed by atoms with Gasteiger partial charge in [-0.2, -0.15) is 0 Å². The van der Waals surface area contributed by atoms with E-state index in [2.05, 4.69) is 41.3 Å². The second-order valence-corrected chi connectivity index (χ2v) is 4.44. The summed E-state index contributed by atoms with van der Waals surface area (Å²) in [7, 11) is 0. The van der Waals surface area contributed by atoms with Gasteiger partial charge in [0.15, 0.2) is 0 Å². The monoisotopic (exact) mass is 238 g/mol. The van der Waals surface area contributed by atoms with E-state index >= 15 is 0 Å². The van der Waals surface area contributed by atoms with E-state index < -0.39 is 0 Å². The second kappa shape index (κ2) is 5.23. The van der Waals surface area contributed by atoms with Crippen molar-refractivity contribution in [2.45, 2.75) is 0 Å². The number of hydrogen-bond acceptors (Lipinski definition) is 2. The minimum absolute atomic E-state index is 0.823. The predicted molar refractivity (Wildman–Crippen MR) is 73.7 cm³/mol. The van der Waals surface area contributed by atoms with Crippen molar-refractivity contribution in [2.24, 2.45) is 0 Å². The molecule has 1 fully saturated rings. The number of anilines is 1. The van der Waals surface area contributed by atoms with Crippen molar-refractivity contribution in [1.29, 1.82) is 0 Å². The molecular formula is C16H16NO. The summed E-state index contributed by atoms with van der Waals surface area (Å²) in [4.78, 5) is 2.37. The lowest BCUT2D eigenvalue weighted by molar-refractivity contribution is 0.122. The summed E-state index contributed by atoms with van der Waals surface area (Å²) in [6, 6.07) is 19.9. The molecule has 1 aliphatic rings. The number of nitrogens with zero attached hydrogens (tertiary/aromatic N) is 1. The lowest BCUT2D eigenvalue weighted by Crippen LogP contribution is -2.36. The molecule has 1 saturated heterocycles. The normalized spacial score (nSPS) is 15.7. The van der Waals surface area contributed by atoms with Gasteiger partial charge in [-0.3, -0.25) is 0 Å². The van der Waals surface area contributed by atoms with Gasteiger partial charge in [-0.25, -0.2) is 0 Å². The van der Waals surface area contributed by atoms with Gasteiger partial charge in [0.2, 0.25) is 0 Å². The van der Waals surface area contributed by atoms with E-state index in [-0.39, 0.29) is 0 Å². The average Bonchev–Trinajstić information content (AvgIpc) is 2.49. The molecule has 91 valence electrons. The molecule has 1 heterocycles. The van der Waals surface area contributed by atoms with Crippen LogP contribution in [0.4, 0.5) is 5.69 Å². The van der Waals surface area contributed by atoms with Crippen LogP contribution in [0.3, 0.4) is 0 Å². The largest absolute Gasteiger partial charge is 0.378 e. The maximum absolute atomic E-state index is 5.39. The molecule has 18 heavy (non-hydrogen) atoms. The fourth-order valence-electron chi connectivity index (χ4n) is 2.28. The fraction of sp³-hybridized carbons (Fsp3) is 0.250. The third-order valence-corrected chi connectivity index (χ3v) is 3.26. The van der Waals surface area contributed by atoms with Crippen LogP contribution in [0.25, 0.3) is 11.1 Å². The number of hydrogen-bond donors (Lipinski definition) is 0. The van der Waals surface area contributed by atoms with Gasteiger partial charge in [0, 0.05) is 18.8 Å². The Morgan fingerprint density at radius 1 is 1.00 bits per heavy atom. The SMILES string of the molecule is [c]1cccc(-c2cccc(N3CCOCC3)c2)c1. The van der Waals surface area contributed by atoms with Crippen LogP contribution in [0.5, 0.6) is 0 Å². The van der Waals surface area contributed by atoms with E-state index in [0.29, 0.717) is 0 Å². The van der Waals surface area contributed by atoms with Crippen molar-refractivity contribution in [3.05, 3.63) is 54.6 Å². The molecule has 0 N–H and O–H groups in total. The van der Waals surface area contributed by atoms with Gasteiger partial charge in [-0.15, -0.1) is 0 Å². The van der Waals surface area contributed by atoms with Crippen molar-refractivity contribution in [2.75, 3.05) is 31.2 Å². The van der Waals surface area contributed by atoms with E-state index in [4.69, 9.17) is 4.74 Å². The molecule has 0 aliphatic carbocycles. The number of ether oxygens (including phenoxy) is 1. The van der Waals surface area contributed by atoms with Crippen LogP contribution in [0.1, 0.15) is 0 Å². The molecule has 2 heteroatoms. The van der Waals surface area contributed by atoms with Gasteiger partial charge >= 0.3 is 0 Å². The summed E-state index contributed by atoms with van der Waals surface area (Å²) in [6.45, 7) is 3.60. The van der Waals surface area contributed by atoms with E-state index in [0.717, 1.165) is 26.3 Å². The molecule has 0 amide bonds. The predicted octanol–water partition coefficient (Wildman–Crippen LogP) is 2.99.